The summed E-state index contributed by atoms with van der Waals surface area (Å²) in [7, 11) is 0. The van der Waals surface area contributed by atoms with Crippen molar-refractivity contribution in [3.63, 3.8) is 0 Å². The molecule has 2 aromatic heterocycles. The Kier molecular flexibility index (Phi) is 5.73. The van der Waals surface area contributed by atoms with Gasteiger partial charge in [-0.25, -0.2) is 4.68 Å². The van der Waals surface area contributed by atoms with Gasteiger partial charge >= 0.3 is 0 Å². The Hall–Kier alpha value is -1.89. The van der Waals surface area contributed by atoms with E-state index in [0.717, 1.165) is 28.0 Å². The van der Waals surface area contributed by atoms with Crippen molar-refractivity contribution in [1.82, 2.24) is 15.1 Å². The predicted octanol–water partition coefficient (Wildman–Crippen LogP) is 4.21. The summed E-state index contributed by atoms with van der Waals surface area (Å²) in [4.78, 5) is 14.0. The average Bonchev–Trinajstić information content (AvgIpc) is 3.16. The first-order valence-corrected chi connectivity index (χ1v) is 9.40. The number of carbonyl (C=O) groups excluding carboxylic acids is 1. The molecule has 0 saturated carbocycles. The van der Waals surface area contributed by atoms with E-state index in [9.17, 15) is 4.79 Å². The van der Waals surface area contributed by atoms with Gasteiger partial charge in [0.1, 0.15) is 4.83 Å². The second-order valence-electron chi connectivity index (χ2n) is 5.61. The Bertz CT molecular complexity index is 870. The van der Waals surface area contributed by atoms with Gasteiger partial charge in [0, 0.05) is 30.2 Å². The van der Waals surface area contributed by atoms with Gasteiger partial charge < -0.3 is 10.1 Å². The minimum Gasteiger partial charge on any atom is -0.382 e. The molecule has 0 aliphatic rings. The molecule has 7 heteroatoms. The number of thiophene rings is 1. The van der Waals surface area contributed by atoms with Gasteiger partial charge in [-0.3, -0.25) is 4.79 Å². The topological polar surface area (TPSA) is 56.1 Å². The van der Waals surface area contributed by atoms with Crippen molar-refractivity contribution in [3.8, 4) is 5.69 Å². The number of hydrogen-bond donors (Lipinski definition) is 1. The molecule has 0 aliphatic heterocycles. The van der Waals surface area contributed by atoms with Crippen LogP contribution >= 0.6 is 22.9 Å². The smallest absolute Gasteiger partial charge is 0.261 e. The maximum Gasteiger partial charge on any atom is 0.261 e. The van der Waals surface area contributed by atoms with Gasteiger partial charge in [-0.2, -0.15) is 5.10 Å². The van der Waals surface area contributed by atoms with Crippen LogP contribution in [0.15, 0.2) is 30.3 Å². The highest BCUT2D eigenvalue weighted by Gasteiger charge is 2.16. The van der Waals surface area contributed by atoms with Crippen LogP contribution in [-0.4, -0.2) is 35.4 Å². The molecule has 0 fully saturated rings. The van der Waals surface area contributed by atoms with Crippen LogP contribution in [0, 0.1) is 6.92 Å². The van der Waals surface area contributed by atoms with Gasteiger partial charge in [-0.05, 0) is 50.6 Å². The zero-order valence-corrected chi connectivity index (χ0v) is 15.8. The van der Waals surface area contributed by atoms with E-state index < -0.39 is 0 Å². The molecule has 0 unspecified atom stereocenters. The summed E-state index contributed by atoms with van der Waals surface area (Å²) in [6, 6.07) is 9.41. The van der Waals surface area contributed by atoms with Gasteiger partial charge in [0.15, 0.2) is 0 Å². The number of rotatable bonds is 7. The summed E-state index contributed by atoms with van der Waals surface area (Å²) in [5, 5.41) is 9.20. The molecular formula is C18H20ClN3O2S. The van der Waals surface area contributed by atoms with Gasteiger partial charge in [-0.15, -0.1) is 11.3 Å². The molecule has 0 spiro atoms. The second kappa shape index (κ2) is 7.99. The van der Waals surface area contributed by atoms with E-state index in [1.54, 1.807) is 0 Å². The average molecular weight is 378 g/mol. The zero-order valence-electron chi connectivity index (χ0n) is 14.2. The fraction of sp³-hybridized carbons (Fsp3) is 0.333. The van der Waals surface area contributed by atoms with E-state index in [2.05, 4.69) is 10.4 Å². The fourth-order valence-electron chi connectivity index (χ4n) is 2.52. The number of aromatic nitrogens is 2. The van der Waals surface area contributed by atoms with Crippen LogP contribution in [0.1, 0.15) is 28.7 Å². The first-order chi connectivity index (χ1) is 12.1. The van der Waals surface area contributed by atoms with E-state index in [1.807, 2.05) is 48.9 Å². The van der Waals surface area contributed by atoms with Crippen molar-refractivity contribution in [3.05, 3.63) is 45.9 Å². The zero-order chi connectivity index (χ0) is 17.8. The highest BCUT2D eigenvalue weighted by molar-refractivity contribution is 7.20. The summed E-state index contributed by atoms with van der Waals surface area (Å²) >= 11 is 7.40. The molecule has 3 rings (SSSR count). The van der Waals surface area contributed by atoms with Crippen LogP contribution in [0.5, 0.6) is 0 Å². The summed E-state index contributed by atoms with van der Waals surface area (Å²) in [6.45, 7) is 5.88. The predicted molar refractivity (Wildman–Crippen MR) is 102 cm³/mol. The number of aryl methyl sites for hydroxylation is 1. The summed E-state index contributed by atoms with van der Waals surface area (Å²) in [5.74, 6) is -0.0558. The Balaban J connectivity index is 1.79. The summed E-state index contributed by atoms with van der Waals surface area (Å²) < 4.78 is 7.13. The Labute approximate surface area is 155 Å². The molecule has 3 aromatic rings. The van der Waals surface area contributed by atoms with E-state index in [-0.39, 0.29) is 5.91 Å². The number of amides is 1. The molecular weight excluding hydrogens is 358 g/mol. The summed E-state index contributed by atoms with van der Waals surface area (Å²) in [6.07, 6.45) is 0.808. The van der Waals surface area contributed by atoms with Crippen LogP contribution in [0.25, 0.3) is 15.9 Å². The number of ether oxygens (including phenoxy) is 1. The summed E-state index contributed by atoms with van der Waals surface area (Å²) in [5.41, 5.74) is 1.82. The van der Waals surface area contributed by atoms with Crippen molar-refractivity contribution < 1.29 is 9.53 Å². The van der Waals surface area contributed by atoms with E-state index >= 15 is 0 Å². The lowest BCUT2D eigenvalue weighted by Crippen LogP contribution is -2.24. The van der Waals surface area contributed by atoms with Gasteiger partial charge in [0.25, 0.3) is 5.91 Å². The van der Waals surface area contributed by atoms with Gasteiger partial charge in [0.2, 0.25) is 0 Å². The van der Waals surface area contributed by atoms with E-state index in [1.165, 1.54) is 11.3 Å². The number of fused-ring (bicyclic) bond motifs is 1. The van der Waals surface area contributed by atoms with Crippen LogP contribution in [0.4, 0.5) is 0 Å². The van der Waals surface area contributed by atoms with Crippen LogP contribution in [0.3, 0.4) is 0 Å². The van der Waals surface area contributed by atoms with Crippen molar-refractivity contribution in [2.24, 2.45) is 0 Å². The van der Waals surface area contributed by atoms with Crippen LogP contribution < -0.4 is 5.32 Å². The molecule has 1 aromatic carbocycles. The minimum absolute atomic E-state index is 0.0558. The molecule has 0 bridgehead atoms. The maximum absolute atomic E-state index is 12.4. The molecule has 1 amide bonds. The van der Waals surface area contributed by atoms with Crippen LogP contribution in [0.2, 0.25) is 5.02 Å². The van der Waals surface area contributed by atoms with Crippen molar-refractivity contribution in [1.29, 1.82) is 0 Å². The minimum atomic E-state index is -0.0558. The van der Waals surface area contributed by atoms with Gasteiger partial charge in [0.05, 0.1) is 16.3 Å². The lowest BCUT2D eigenvalue weighted by atomic mass is 10.3. The maximum atomic E-state index is 12.4. The molecule has 0 radical (unpaired) electrons. The standard InChI is InChI=1S/C18H20ClN3O2S/c1-3-24-10-4-9-20-17(23)16-11-15-12(2)21-22(18(15)25-16)14-7-5-13(19)6-8-14/h5-8,11H,3-4,9-10H2,1-2H3,(H,20,23). The second-order valence-corrected chi connectivity index (χ2v) is 7.08. The molecule has 2 heterocycles. The fourth-order valence-corrected chi connectivity index (χ4v) is 3.75. The number of hydrogen-bond acceptors (Lipinski definition) is 4. The largest absolute Gasteiger partial charge is 0.382 e. The number of halogens is 1. The van der Waals surface area contributed by atoms with Crippen LogP contribution in [-0.2, 0) is 4.74 Å². The first kappa shape index (κ1) is 17.9. The molecule has 25 heavy (non-hydrogen) atoms. The lowest BCUT2D eigenvalue weighted by molar-refractivity contribution is 0.0948. The number of nitrogens with one attached hydrogen (secondary N) is 1. The quantitative estimate of drug-likeness (QED) is 0.627. The molecule has 132 valence electrons. The Morgan fingerprint density at radius 3 is 2.84 bits per heavy atom. The monoisotopic (exact) mass is 377 g/mol. The van der Waals surface area contributed by atoms with E-state index in [4.69, 9.17) is 16.3 Å². The third kappa shape index (κ3) is 4.03. The normalized spacial score (nSPS) is 11.2. The highest BCUT2D eigenvalue weighted by atomic mass is 35.5. The first-order valence-electron chi connectivity index (χ1n) is 8.21. The van der Waals surface area contributed by atoms with Crippen molar-refractivity contribution in [2.75, 3.05) is 19.8 Å². The van der Waals surface area contributed by atoms with Crippen molar-refractivity contribution in [2.45, 2.75) is 20.3 Å². The number of carbonyl (C=O) groups is 1. The SMILES string of the molecule is CCOCCCNC(=O)c1cc2c(C)nn(-c3ccc(Cl)cc3)c2s1. The van der Waals surface area contributed by atoms with E-state index in [0.29, 0.717) is 29.7 Å². The Morgan fingerprint density at radius 2 is 2.12 bits per heavy atom. The molecule has 0 atom stereocenters. The third-order valence-corrected chi connectivity index (χ3v) is 5.16. The number of nitrogens with zero attached hydrogens (tertiary/aromatic N) is 2. The molecule has 5 nitrogen and oxygen atoms in total. The molecule has 0 saturated heterocycles. The van der Waals surface area contributed by atoms with Gasteiger partial charge in [-0.1, -0.05) is 11.6 Å². The molecule has 0 aliphatic carbocycles. The van der Waals surface area contributed by atoms with Crippen molar-refractivity contribution >= 4 is 39.1 Å². The molecule has 1 N–H and O–H groups in total. The third-order valence-electron chi connectivity index (χ3n) is 3.79. The Morgan fingerprint density at radius 1 is 1.36 bits per heavy atom. The highest BCUT2D eigenvalue weighted by Crippen LogP contribution is 2.30. The lowest BCUT2D eigenvalue weighted by Gasteiger charge is -2.04. The number of benzene rings is 1.